The highest BCUT2D eigenvalue weighted by Crippen LogP contribution is 2.19. The van der Waals surface area contributed by atoms with Crippen LogP contribution in [0.5, 0.6) is 0 Å². The lowest BCUT2D eigenvalue weighted by Gasteiger charge is -2.06. The van der Waals surface area contributed by atoms with Crippen LogP contribution in [-0.4, -0.2) is 24.4 Å². The van der Waals surface area contributed by atoms with Crippen LogP contribution in [0.25, 0.3) is 0 Å². The minimum Gasteiger partial charge on any atom is -0.394 e. The number of hydrogen-bond donors (Lipinski definition) is 3. The molecule has 1 aromatic heterocycles. The fourth-order valence-corrected chi connectivity index (χ4v) is 2.67. The highest BCUT2D eigenvalue weighted by Gasteiger charge is 2.15. The number of benzene rings is 1. The Morgan fingerprint density at radius 1 is 1.32 bits per heavy atom. The van der Waals surface area contributed by atoms with Gasteiger partial charge < -0.3 is 5.73 Å². The Kier molecular flexibility index (Phi) is 3.75. The molecule has 1 aromatic carbocycles. The normalized spacial score (nSPS) is 11.4. The Morgan fingerprint density at radius 3 is 2.58 bits per heavy atom. The second-order valence-electron chi connectivity index (χ2n) is 4.27. The molecule has 4 N–H and O–H groups in total. The number of rotatable bonds is 5. The van der Waals surface area contributed by atoms with Crippen molar-refractivity contribution in [1.82, 2.24) is 10.2 Å². The third kappa shape index (κ3) is 3.47. The third-order valence-electron chi connectivity index (χ3n) is 2.75. The Labute approximate surface area is 112 Å². The van der Waals surface area contributed by atoms with Crippen molar-refractivity contribution in [3.8, 4) is 0 Å². The number of nitrogens with one attached hydrogen (secondary N) is 2. The lowest BCUT2D eigenvalue weighted by Crippen LogP contribution is -2.19. The molecular weight excluding hydrogens is 264 g/mol. The zero-order valence-electron chi connectivity index (χ0n) is 10.6. The van der Waals surface area contributed by atoms with Gasteiger partial charge in [0, 0.05) is 0 Å². The molecule has 0 aliphatic rings. The third-order valence-corrected chi connectivity index (χ3v) is 3.99. The molecule has 0 radical (unpaired) electrons. The molecule has 0 aliphatic carbocycles. The molecule has 0 atom stereocenters. The molecule has 0 saturated carbocycles. The summed E-state index contributed by atoms with van der Waals surface area (Å²) in [6, 6.07) is 9.43. The van der Waals surface area contributed by atoms with Crippen LogP contribution < -0.4 is 10.5 Å². The Hall–Kier alpha value is -2.02. The number of H-pyrrole nitrogens is 1. The number of anilines is 2. The van der Waals surface area contributed by atoms with Gasteiger partial charge in [0.1, 0.15) is 0 Å². The molecule has 0 unspecified atom stereocenters. The number of sulfonamides is 1. The van der Waals surface area contributed by atoms with Crippen LogP contribution in [0.3, 0.4) is 0 Å². The number of aromatic nitrogens is 2. The SMILES string of the molecule is Cc1[nH]nc(NS(=O)(=O)CCc2ccccc2)c1N. The fraction of sp³-hybridized carbons (Fsp3) is 0.250. The Bertz CT molecular complexity index is 650. The summed E-state index contributed by atoms with van der Waals surface area (Å²) in [7, 11) is -3.45. The predicted molar refractivity (Wildman–Crippen MR) is 75.3 cm³/mol. The van der Waals surface area contributed by atoms with Gasteiger partial charge in [0.2, 0.25) is 10.0 Å². The molecule has 0 spiro atoms. The van der Waals surface area contributed by atoms with Crippen molar-refractivity contribution in [2.75, 3.05) is 16.2 Å². The van der Waals surface area contributed by atoms with E-state index >= 15 is 0 Å². The van der Waals surface area contributed by atoms with Gasteiger partial charge in [-0.3, -0.25) is 9.82 Å². The van der Waals surface area contributed by atoms with Gasteiger partial charge in [0.05, 0.1) is 17.1 Å². The van der Waals surface area contributed by atoms with Crippen LogP contribution in [0.15, 0.2) is 30.3 Å². The molecule has 2 rings (SSSR count). The molecule has 0 saturated heterocycles. The van der Waals surface area contributed by atoms with Crippen molar-refractivity contribution < 1.29 is 8.42 Å². The molecule has 19 heavy (non-hydrogen) atoms. The molecule has 0 aliphatic heterocycles. The maximum Gasteiger partial charge on any atom is 0.234 e. The highest BCUT2D eigenvalue weighted by atomic mass is 32.2. The van der Waals surface area contributed by atoms with Crippen LogP contribution >= 0.6 is 0 Å². The van der Waals surface area contributed by atoms with Crippen molar-refractivity contribution in [3.05, 3.63) is 41.6 Å². The van der Waals surface area contributed by atoms with Crippen LogP contribution in [0.1, 0.15) is 11.3 Å². The van der Waals surface area contributed by atoms with E-state index in [1.807, 2.05) is 30.3 Å². The number of aryl methyl sites for hydroxylation is 2. The van der Waals surface area contributed by atoms with Gasteiger partial charge >= 0.3 is 0 Å². The van der Waals surface area contributed by atoms with Gasteiger partial charge in [-0.1, -0.05) is 30.3 Å². The minimum atomic E-state index is -3.45. The van der Waals surface area contributed by atoms with Gasteiger partial charge in [-0.25, -0.2) is 8.42 Å². The first kappa shape index (κ1) is 13.4. The predicted octanol–water partition coefficient (Wildman–Crippen LogP) is 1.28. The van der Waals surface area contributed by atoms with E-state index in [-0.39, 0.29) is 11.6 Å². The van der Waals surface area contributed by atoms with Crippen LogP contribution in [0.2, 0.25) is 0 Å². The second-order valence-corrected chi connectivity index (χ2v) is 6.11. The van der Waals surface area contributed by atoms with E-state index in [1.54, 1.807) is 6.92 Å². The summed E-state index contributed by atoms with van der Waals surface area (Å²) in [5, 5.41) is 6.45. The van der Waals surface area contributed by atoms with E-state index < -0.39 is 10.0 Å². The van der Waals surface area contributed by atoms with Gasteiger partial charge in [-0.05, 0) is 18.9 Å². The van der Waals surface area contributed by atoms with E-state index in [0.717, 1.165) is 5.56 Å². The fourth-order valence-electron chi connectivity index (χ4n) is 1.61. The summed E-state index contributed by atoms with van der Waals surface area (Å²) >= 11 is 0. The monoisotopic (exact) mass is 280 g/mol. The maximum absolute atomic E-state index is 11.9. The second kappa shape index (κ2) is 5.31. The van der Waals surface area contributed by atoms with E-state index in [4.69, 9.17) is 5.73 Å². The quantitative estimate of drug-likeness (QED) is 0.768. The summed E-state index contributed by atoms with van der Waals surface area (Å²) in [5.74, 6) is 0.146. The van der Waals surface area contributed by atoms with Crippen LogP contribution in [-0.2, 0) is 16.4 Å². The number of nitrogens with two attached hydrogens (primary N) is 1. The molecule has 0 bridgehead atoms. The van der Waals surface area contributed by atoms with E-state index in [2.05, 4.69) is 14.9 Å². The van der Waals surface area contributed by atoms with Crippen molar-refractivity contribution >= 4 is 21.5 Å². The summed E-state index contributed by atoms with van der Waals surface area (Å²) in [6.07, 6.45) is 0.444. The van der Waals surface area contributed by atoms with Gasteiger partial charge in [-0.2, -0.15) is 5.10 Å². The van der Waals surface area contributed by atoms with Crippen molar-refractivity contribution in [2.45, 2.75) is 13.3 Å². The van der Waals surface area contributed by atoms with E-state index in [9.17, 15) is 8.42 Å². The van der Waals surface area contributed by atoms with Gasteiger partial charge in [-0.15, -0.1) is 0 Å². The van der Waals surface area contributed by atoms with Gasteiger partial charge in [0.25, 0.3) is 0 Å². The first-order valence-corrected chi connectivity index (χ1v) is 7.48. The molecule has 0 fully saturated rings. The van der Waals surface area contributed by atoms with Crippen molar-refractivity contribution in [1.29, 1.82) is 0 Å². The van der Waals surface area contributed by atoms with Crippen LogP contribution in [0, 0.1) is 6.92 Å². The van der Waals surface area contributed by atoms with E-state index in [1.165, 1.54) is 0 Å². The van der Waals surface area contributed by atoms with Crippen LogP contribution in [0.4, 0.5) is 11.5 Å². The first-order chi connectivity index (χ1) is 8.98. The zero-order chi connectivity index (χ0) is 13.9. The summed E-state index contributed by atoms with van der Waals surface area (Å²) in [6.45, 7) is 1.73. The lowest BCUT2D eigenvalue weighted by atomic mass is 10.2. The topological polar surface area (TPSA) is 101 Å². The minimum absolute atomic E-state index is 0.0115. The summed E-state index contributed by atoms with van der Waals surface area (Å²) < 4.78 is 26.2. The average Bonchev–Trinajstić information content (AvgIpc) is 2.69. The standard InChI is InChI=1S/C12H16N4O2S/c1-9-11(13)12(15-14-9)16-19(17,18)8-7-10-5-3-2-4-6-10/h2-6H,7-8,13H2,1H3,(H2,14,15,16). The Morgan fingerprint density at radius 2 is 2.00 bits per heavy atom. The van der Waals surface area contributed by atoms with Crippen molar-refractivity contribution in [2.24, 2.45) is 0 Å². The smallest absolute Gasteiger partial charge is 0.234 e. The molecule has 7 heteroatoms. The summed E-state index contributed by atoms with van der Waals surface area (Å²) in [5.41, 5.74) is 7.63. The zero-order valence-corrected chi connectivity index (χ0v) is 11.4. The molecule has 0 amide bonds. The highest BCUT2D eigenvalue weighted by molar-refractivity contribution is 7.92. The largest absolute Gasteiger partial charge is 0.394 e. The molecule has 1 heterocycles. The summed E-state index contributed by atoms with van der Waals surface area (Å²) in [4.78, 5) is 0. The molecule has 6 nitrogen and oxygen atoms in total. The molecule has 2 aromatic rings. The lowest BCUT2D eigenvalue weighted by molar-refractivity contribution is 0.600. The molecular formula is C12H16N4O2S. The Balaban J connectivity index is 2.01. The number of nitrogens with zero attached hydrogens (tertiary/aromatic N) is 1. The first-order valence-electron chi connectivity index (χ1n) is 5.83. The molecule has 102 valence electrons. The average molecular weight is 280 g/mol. The van der Waals surface area contributed by atoms with Crippen molar-refractivity contribution in [3.63, 3.8) is 0 Å². The van der Waals surface area contributed by atoms with Gasteiger partial charge in [0.15, 0.2) is 5.82 Å². The number of aromatic amines is 1. The number of nitrogen functional groups attached to an aromatic ring is 1. The van der Waals surface area contributed by atoms with E-state index in [0.29, 0.717) is 17.8 Å². The number of hydrogen-bond acceptors (Lipinski definition) is 4. The maximum atomic E-state index is 11.9.